The zero-order valence-electron chi connectivity index (χ0n) is 14.1. The largest absolute Gasteiger partial charge is 0.481 e. The number of carbonyl (C=O) groups excluding carboxylic acids is 2. The number of ether oxygens (including phenoxy) is 1. The zero-order valence-corrected chi connectivity index (χ0v) is 14.1. The van der Waals surface area contributed by atoms with Crippen LogP contribution in [0, 0.1) is 0 Å². The van der Waals surface area contributed by atoms with E-state index in [1.54, 1.807) is 24.0 Å². The van der Waals surface area contributed by atoms with Gasteiger partial charge in [0, 0.05) is 38.9 Å². The maximum Gasteiger partial charge on any atom is 0.339 e. The monoisotopic (exact) mass is 350 g/mol. The zero-order chi connectivity index (χ0) is 18.2. The van der Waals surface area contributed by atoms with Gasteiger partial charge in [-0.2, -0.15) is 0 Å². The molecule has 1 aliphatic rings. The second-order valence-corrected chi connectivity index (χ2v) is 5.48. The molecule has 136 valence electrons. The van der Waals surface area contributed by atoms with E-state index in [-0.39, 0.29) is 19.0 Å². The predicted octanol–water partition coefficient (Wildman–Crippen LogP) is 0.565. The van der Waals surface area contributed by atoms with Gasteiger partial charge < -0.3 is 25.0 Å². The Kier molecular flexibility index (Phi) is 6.55. The molecule has 0 atom stereocenters. The summed E-state index contributed by atoms with van der Waals surface area (Å²) < 4.78 is 4.92. The number of nitrogens with one attached hydrogen (secondary N) is 1. The van der Waals surface area contributed by atoms with Crippen molar-refractivity contribution < 1.29 is 24.2 Å². The summed E-state index contributed by atoms with van der Waals surface area (Å²) in [6.45, 7) is 4.43. The Morgan fingerprint density at radius 3 is 2.52 bits per heavy atom. The number of amides is 2. The standard InChI is InChI=1S/C16H22N4O5/c1-2-25-15(23)12-3-4-13(18-11-12)19-7-9-20(10-8-19)16(24)17-6-5-14(21)22/h3-4,11H,2,5-10H2,1H3,(H,17,24)(H,21,22). The summed E-state index contributed by atoms with van der Waals surface area (Å²) in [5.41, 5.74) is 0.405. The lowest BCUT2D eigenvalue weighted by atomic mass is 10.2. The highest BCUT2D eigenvalue weighted by Crippen LogP contribution is 2.14. The molecular weight excluding hydrogens is 328 g/mol. The number of hydrogen-bond acceptors (Lipinski definition) is 6. The number of carboxylic acid groups (broad SMARTS) is 1. The number of aliphatic carboxylic acids is 1. The van der Waals surface area contributed by atoms with Gasteiger partial charge in [0.1, 0.15) is 5.82 Å². The molecule has 9 heteroatoms. The second-order valence-electron chi connectivity index (χ2n) is 5.48. The molecule has 0 spiro atoms. The van der Waals surface area contributed by atoms with Gasteiger partial charge in [0.15, 0.2) is 0 Å². The number of esters is 1. The Labute approximate surface area is 145 Å². The van der Waals surface area contributed by atoms with Crippen molar-refractivity contribution in [3.05, 3.63) is 23.9 Å². The van der Waals surface area contributed by atoms with Crippen molar-refractivity contribution in [2.45, 2.75) is 13.3 Å². The molecule has 2 heterocycles. The van der Waals surface area contributed by atoms with E-state index in [0.717, 1.165) is 5.82 Å². The highest BCUT2D eigenvalue weighted by atomic mass is 16.5. The number of urea groups is 1. The predicted molar refractivity (Wildman–Crippen MR) is 89.6 cm³/mol. The van der Waals surface area contributed by atoms with Crippen molar-refractivity contribution in [1.29, 1.82) is 0 Å². The Morgan fingerprint density at radius 1 is 1.24 bits per heavy atom. The Bertz CT molecular complexity index is 611. The lowest BCUT2D eigenvalue weighted by Gasteiger charge is -2.35. The van der Waals surface area contributed by atoms with Gasteiger partial charge in [-0.25, -0.2) is 14.6 Å². The van der Waals surface area contributed by atoms with Gasteiger partial charge in [0.05, 0.1) is 18.6 Å². The van der Waals surface area contributed by atoms with Gasteiger partial charge in [0.25, 0.3) is 0 Å². The molecular formula is C16H22N4O5. The number of rotatable bonds is 6. The van der Waals surface area contributed by atoms with Crippen LogP contribution in [0.15, 0.2) is 18.3 Å². The average Bonchev–Trinajstić information content (AvgIpc) is 2.62. The highest BCUT2D eigenvalue weighted by molar-refractivity contribution is 5.89. The summed E-state index contributed by atoms with van der Waals surface area (Å²) in [4.78, 5) is 42.0. The molecule has 0 bridgehead atoms. The third-order valence-electron chi connectivity index (χ3n) is 3.76. The number of carbonyl (C=O) groups is 3. The normalized spacial score (nSPS) is 14.1. The van der Waals surface area contributed by atoms with Crippen molar-refractivity contribution in [2.24, 2.45) is 0 Å². The van der Waals surface area contributed by atoms with Gasteiger partial charge in [-0.1, -0.05) is 0 Å². The van der Waals surface area contributed by atoms with Gasteiger partial charge in [-0.3, -0.25) is 4.79 Å². The third kappa shape index (κ3) is 5.33. The molecule has 2 rings (SSSR count). The van der Waals surface area contributed by atoms with Crippen molar-refractivity contribution in [3.63, 3.8) is 0 Å². The van der Waals surface area contributed by atoms with E-state index in [0.29, 0.717) is 38.3 Å². The van der Waals surface area contributed by atoms with Crippen LogP contribution in [-0.2, 0) is 9.53 Å². The number of pyridine rings is 1. The molecule has 0 unspecified atom stereocenters. The van der Waals surface area contributed by atoms with Crippen LogP contribution in [0.3, 0.4) is 0 Å². The average molecular weight is 350 g/mol. The molecule has 0 radical (unpaired) electrons. The maximum atomic E-state index is 11.9. The summed E-state index contributed by atoms with van der Waals surface area (Å²) in [6, 6.07) is 3.17. The second kappa shape index (κ2) is 8.86. The van der Waals surface area contributed by atoms with Gasteiger partial charge >= 0.3 is 18.0 Å². The van der Waals surface area contributed by atoms with Gasteiger partial charge in [0.2, 0.25) is 0 Å². The first-order chi connectivity index (χ1) is 12.0. The molecule has 0 saturated carbocycles. The third-order valence-corrected chi connectivity index (χ3v) is 3.76. The van der Waals surface area contributed by atoms with Crippen LogP contribution in [0.5, 0.6) is 0 Å². The van der Waals surface area contributed by atoms with E-state index < -0.39 is 11.9 Å². The molecule has 0 aromatic carbocycles. The Balaban J connectivity index is 1.82. The molecule has 1 aromatic rings. The number of aromatic nitrogens is 1. The van der Waals surface area contributed by atoms with E-state index in [1.807, 2.05) is 4.90 Å². The number of piperazine rings is 1. The SMILES string of the molecule is CCOC(=O)c1ccc(N2CCN(C(=O)NCCC(=O)O)CC2)nc1. The van der Waals surface area contributed by atoms with Crippen molar-refractivity contribution >= 4 is 23.8 Å². The van der Waals surface area contributed by atoms with Crippen LogP contribution in [0.4, 0.5) is 10.6 Å². The van der Waals surface area contributed by atoms with Crippen LogP contribution >= 0.6 is 0 Å². The van der Waals surface area contributed by atoms with Gasteiger partial charge in [-0.05, 0) is 19.1 Å². The maximum absolute atomic E-state index is 11.9. The smallest absolute Gasteiger partial charge is 0.339 e. The summed E-state index contributed by atoms with van der Waals surface area (Å²) >= 11 is 0. The van der Waals surface area contributed by atoms with E-state index >= 15 is 0 Å². The fraction of sp³-hybridized carbons (Fsp3) is 0.500. The fourth-order valence-electron chi connectivity index (χ4n) is 2.44. The number of anilines is 1. The Morgan fingerprint density at radius 2 is 1.96 bits per heavy atom. The highest BCUT2D eigenvalue weighted by Gasteiger charge is 2.22. The number of carboxylic acids is 1. The quantitative estimate of drug-likeness (QED) is 0.721. The van der Waals surface area contributed by atoms with Crippen LogP contribution in [0.1, 0.15) is 23.7 Å². The minimum atomic E-state index is -0.942. The molecule has 1 aliphatic heterocycles. The van der Waals surface area contributed by atoms with Crippen LogP contribution in [0.2, 0.25) is 0 Å². The lowest BCUT2D eigenvalue weighted by molar-refractivity contribution is -0.136. The van der Waals surface area contributed by atoms with E-state index in [4.69, 9.17) is 9.84 Å². The van der Waals surface area contributed by atoms with Crippen LogP contribution in [0.25, 0.3) is 0 Å². The molecule has 1 saturated heterocycles. The first-order valence-corrected chi connectivity index (χ1v) is 8.14. The fourth-order valence-corrected chi connectivity index (χ4v) is 2.44. The molecule has 0 aliphatic carbocycles. The summed E-state index contributed by atoms with van der Waals surface area (Å²) in [7, 11) is 0. The van der Waals surface area contributed by atoms with Gasteiger partial charge in [-0.15, -0.1) is 0 Å². The van der Waals surface area contributed by atoms with Crippen molar-refractivity contribution in [1.82, 2.24) is 15.2 Å². The molecule has 1 aromatic heterocycles. The topological polar surface area (TPSA) is 112 Å². The lowest BCUT2D eigenvalue weighted by Crippen LogP contribution is -2.52. The first kappa shape index (κ1) is 18.5. The van der Waals surface area contributed by atoms with Crippen LogP contribution < -0.4 is 10.2 Å². The minimum absolute atomic E-state index is 0.0948. The van der Waals surface area contributed by atoms with E-state index in [1.165, 1.54) is 6.20 Å². The molecule has 9 nitrogen and oxygen atoms in total. The molecule has 2 amide bonds. The summed E-state index contributed by atoms with van der Waals surface area (Å²) in [5.74, 6) is -0.606. The van der Waals surface area contributed by atoms with Crippen molar-refractivity contribution in [3.8, 4) is 0 Å². The molecule has 25 heavy (non-hydrogen) atoms. The minimum Gasteiger partial charge on any atom is -0.481 e. The molecule has 1 fully saturated rings. The molecule has 2 N–H and O–H groups in total. The first-order valence-electron chi connectivity index (χ1n) is 8.14. The van der Waals surface area contributed by atoms with E-state index in [9.17, 15) is 14.4 Å². The number of hydrogen-bond donors (Lipinski definition) is 2. The van der Waals surface area contributed by atoms with Crippen molar-refractivity contribution in [2.75, 3.05) is 44.2 Å². The Hall–Kier alpha value is -2.84. The number of nitrogens with zero attached hydrogens (tertiary/aromatic N) is 3. The summed E-state index contributed by atoms with van der Waals surface area (Å²) in [5, 5.41) is 11.2. The van der Waals surface area contributed by atoms with E-state index in [2.05, 4.69) is 10.3 Å². The summed E-state index contributed by atoms with van der Waals surface area (Å²) in [6.07, 6.45) is 1.39. The van der Waals surface area contributed by atoms with Crippen LogP contribution in [-0.4, -0.2) is 72.3 Å².